The molecule has 1 rings (SSSR count). The molecule has 0 amide bonds. The van der Waals surface area contributed by atoms with E-state index in [2.05, 4.69) is 21.2 Å². The third-order valence-corrected chi connectivity index (χ3v) is 3.17. The van der Waals surface area contributed by atoms with Crippen LogP contribution in [-0.4, -0.2) is 11.9 Å². The van der Waals surface area contributed by atoms with Crippen LogP contribution in [-0.2, 0) is 6.54 Å². The number of nitrogens with one attached hydrogen (secondary N) is 1. The second kappa shape index (κ2) is 6.46. The average molecular weight is 295 g/mol. The minimum Gasteiger partial charge on any atom is -0.313 e. The number of benzene rings is 1. The van der Waals surface area contributed by atoms with Crippen molar-refractivity contribution in [2.45, 2.75) is 25.3 Å². The zero-order valence-electron chi connectivity index (χ0n) is 8.56. The molecule has 0 aliphatic heterocycles. The molecule has 1 unspecified atom stereocenters. The van der Waals surface area contributed by atoms with Crippen molar-refractivity contribution < 1.29 is 4.39 Å². The molecule has 4 heteroatoms. The van der Waals surface area contributed by atoms with Crippen LogP contribution in [0.25, 0.3) is 0 Å². The van der Waals surface area contributed by atoms with E-state index in [-0.39, 0.29) is 11.2 Å². The van der Waals surface area contributed by atoms with Crippen LogP contribution >= 0.6 is 27.5 Å². The molecule has 0 saturated carbocycles. The van der Waals surface area contributed by atoms with Gasteiger partial charge >= 0.3 is 0 Å². The van der Waals surface area contributed by atoms with Gasteiger partial charge in [-0.15, -0.1) is 11.6 Å². The van der Waals surface area contributed by atoms with Gasteiger partial charge in [0.05, 0.1) is 4.47 Å². The van der Waals surface area contributed by atoms with Gasteiger partial charge in [0, 0.05) is 11.9 Å². The first-order chi connectivity index (χ1) is 7.11. The summed E-state index contributed by atoms with van der Waals surface area (Å²) < 4.78 is 13.7. The molecule has 1 aromatic rings. The lowest BCUT2D eigenvalue weighted by Gasteiger charge is -2.08. The van der Waals surface area contributed by atoms with E-state index >= 15 is 0 Å². The Morgan fingerprint density at radius 3 is 2.93 bits per heavy atom. The van der Waals surface area contributed by atoms with E-state index in [0.717, 1.165) is 18.5 Å². The van der Waals surface area contributed by atoms with Crippen molar-refractivity contribution >= 4 is 27.5 Å². The van der Waals surface area contributed by atoms with Crippen LogP contribution in [0.15, 0.2) is 22.7 Å². The van der Waals surface area contributed by atoms with E-state index in [1.54, 1.807) is 6.07 Å². The van der Waals surface area contributed by atoms with Gasteiger partial charge in [-0.3, -0.25) is 0 Å². The molecule has 0 aliphatic carbocycles. The zero-order chi connectivity index (χ0) is 11.3. The lowest BCUT2D eigenvalue weighted by molar-refractivity contribution is 0.607. The first kappa shape index (κ1) is 12.9. The lowest BCUT2D eigenvalue weighted by Crippen LogP contribution is -2.17. The molecule has 15 heavy (non-hydrogen) atoms. The first-order valence-electron chi connectivity index (χ1n) is 4.89. The standard InChI is InChI=1S/C11H14BrClFN/c1-8(13)5-6-15-7-9-3-2-4-10(14)11(9)12/h2-4,8,15H,5-7H2,1H3. The van der Waals surface area contributed by atoms with E-state index in [1.165, 1.54) is 6.07 Å². The van der Waals surface area contributed by atoms with Gasteiger partial charge in [0.15, 0.2) is 0 Å². The third-order valence-electron chi connectivity index (χ3n) is 2.07. The van der Waals surface area contributed by atoms with Crippen molar-refractivity contribution in [2.75, 3.05) is 6.54 Å². The number of alkyl halides is 1. The smallest absolute Gasteiger partial charge is 0.137 e. The van der Waals surface area contributed by atoms with Crippen LogP contribution in [0.5, 0.6) is 0 Å². The minimum atomic E-state index is -0.222. The summed E-state index contributed by atoms with van der Waals surface area (Å²) in [6.45, 7) is 3.46. The average Bonchev–Trinajstić information content (AvgIpc) is 2.18. The highest BCUT2D eigenvalue weighted by atomic mass is 79.9. The van der Waals surface area contributed by atoms with Gasteiger partial charge in [0.25, 0.3) is 0 Å². The Balaban J connectivity index is 2.41. The molecular formula is C11H14BrClFN. The Labute approximate surface area is 103 Å². The molecule has 0 heterocycles. The Bertz CT molecular complexity index is 317. The van der Waals surface area contributed by atoms with Crippen molar-refractivity contribution in [3.63, 3.8) is 0 Å². The summed E-state index contributed by atoms with van der Waals surface area (Å²) in [6.07, 6.45) is 0.911. The molecule has 1 aromatic carbocycles. The van der Waals surface area contributed by atoms with E-state index < -0.39 is 0 Å². The van der Waals surface area contributed by atoms with E-state index in [1.807, 2.05) is 13.0 Å². The van der Waals surface area contributed by atoms with Gasteiger partial charge in [-0.1, -0.05) is 12.1 Å². The van der Waals surface area contributed by atoms with Gasteiger partial charge in [-0.25, -0.2) is 4.39 Å². The molecule has 0 fully saturated rings. The van der Waals surface area contributed by atoms with Crippen molar-refractivity contribution in [2.24, 2.45) is 0 Å². The molecule has 0 aromatic heterocycles. The summed E-state index contributed by atoms with van der Waals surface area (Å²) in [6, 6.07) is 5.04. The molecule has 0 radical (unpaired) electrons. The third kappa shape index (κ3) is 4.49. The quantitative estimate of drug-likeness (QED) is 0.645. The van der Waals surface area contributed by atoms with Crippen molar-refractivity contribution in [3.05, 3.63) is 34.1 Å². The fraction of sp³-hybridized carbons (Fsp3) is 0.455. The number of hydrogen-bond donors (Lipinski definition) is 1. The molecule has 1 atom stereocenters. The number of halogens is 3. The molecule has 0 spiro atoms. The maximum atomic E-state index is 13.1. The van der Waals surface area contributed by atoms with E-state index in [4.69, 9.17) is 11.6 Å². The Hall–Kier alpha value is -0.120. The van der Waals surface area contributed by atoms with Crippen molar-refractivity contribution in [1.29, 1.82) is 0 Å². The largest absolute Gasteiger partial charge is 0.313 e. The summed E-state index contributed by atoms with van der Waals surface area (Å²) in [5.74, 6) is -0.222. The Morgan fingerprint density at radius 2 is 2.27 bits per heavy atom. The summed E-state index contributed by atoms with van der Waals surface area (Å²) in [5, 5.41) is 3.39. The normalized spacial score (nSPS) is 12.8. The van der Waals surface area contributed by atoms with Crippen LogP contribution < -0.4 is 5.32 Å². The molecule has 1 nitrogen and oxygen atoms in total. The van der Waals surface area contributed by atoms with Gasteiger partial charge in [0.1, 0.15) is 5.82 Å². The molecule has 0 aliphatic rings. The van der Waals surface area contributed by atoms with Gasteiger partial charge in [-0.2, -0.15) is 0 Å². The van der Waals surface area contributed by atoms with Crippen LogP contribution in [0.1, 0.15) is 18.9 Å². The van der Waals surface area contributed by atoms with E-state index in [0.29, 0.717) is 11.0 Å². The Morgan fingerprint density at radius 1 is 1.53 bits per heavy atom. The van der Waals surface area contributed by atoms with Crippen LogP contribution in [0.3, 0.4) is 0 Å². The van der Waals surface area contributed by atoms with Crippen LogP contribution in [0.4, 0.5) is 4.39 Å². The van der Waals surface area contributed by atoms with Crippen LogP contribution in [0, 0.1) is 5.82 Å². The SMILES string of the molecule is CC(Cl)CCNCc1cccc(F)c1Br. The predicted octanol–water partition coefficient (Wildman–Crippen LogP) is 3.70. The van der Waals surface area contributed by atoms with Crippen molar-refractivity contribution in [3.8, 4) is 0 Å². The summed E-state index contributed by atoms with van der Waals surface area (Å²) in [5.41, 5.74) is 0.928. The molecular weight excluding hydrogens is 280 g/mol. The van der Waals surface area contributed by atoms with Gasteiger partial charge < -0.3 is 5.32 Å². The molecule has 84 valence electrons. The summed E-state index contributed by atoms with van der Waals surface area (Å²) in [7, 11) is 0. The number of rotatable bonds is 5. The zero-order valence-corrected chi connectivity index (χ0v) is 10.9. The highest BCUT2D eigenvalue weighted by Gasteiger charge is 2.04. The second-order valence-corrected chi connectivity index (χ2v) is 5.00. The predicted molar refractivity (Wildman–Crippen MR) is 65.7 cm³/mol. The topological polar surface area (TPSA) is 12.0 Å². The van der Waals surface area contributed by atoms with Crippen molar-refractivity contribution in [1.82, 2.24) is 5.32 Å². The molecule has 0 bridgehead atoms. The maximum Gasteiger partial charge on any atom is 0.137 e. The van der Waals surface area contributed by atoms with E-state index in [9.17, 15) is 4.39 Å². The second-order valence-electron chi connectivity index (χ2n) is 3.46. The fourth-order valence-corrected chi connectivity index (χ4v) is 1.72. The minimum absolute atomic E-state index is 0.174. The summed E-state index contributed by atoms with van der Waals surface area (Å²) >= 11 is 9.03. The molecule has 1 N–H and O–H groups in total. The fourth-order valence-electron chi connectivity index (χ4n) is 1.21. The highest BCUT2D eigenvalue weighted by Crippen LogP contribution is 2.19. The first-order valence-corrected chi connectivity index (χ1v) is 6.12. The summed E-state index contributed by atoms with van der Waals surface area (Å²) in [4.78, 5) is 0. The van der Waals surface area contributed by atoms with Gasteiger partial charge in [0.2, 0.25) is 0 Å². The monoisotopic (exact) mass is 293 g/mol. The Kier molecular flexibility index (Phi) is 5.58. The lowest BCUT2D eigenvalue weighted by atomic mass is 10.2. The van der Waals surface area contributed by atoms with Gasteiger partial charge in [-0.05, 0) is 47.4 Å². The highest BCUT2D eigenvalue weighted by molar-refractivity contribution is 9.10. The molecule has 0 saturated heterocycles. The number of hydrogen-bond acceptors (Lipinski definition) is 1. The van der Waals surface area contributed by atoms with Crippen LogP contribution in [0.2, 0.25) is 0 Å². The maximum absolute atomic E-state index is 13.1.